The van der Waals surface area contributed by atoms with E-state index in [1.807, 2.05) is 0 Å². The maximum atomic E-state index is 11.8. The second-order valence-electron chi connectivity index (χ2n) is 4.93. The van der Waals surface area contributed by atoms with Crippen LogP contribution in [0.3, 0.4) is 0 Å². The van der Waals surface area contributed by atoms with Gasteiger partial charge in [0.05, 0.1) is 17.6 Å². The summed E-state index contributed by atoms with van der Waals surface area (Å²) in [5.74, 6) is 0.398. The van der Waals surface area contributed by atoms with E-state index in [-0.39, 0.29) is 11.5 Å². The summed E-state index contributed by atoms with van der Waals surface area (Å²) in [5, 5.41) is 0. The average molecular weight is 226 g/mol. The van der Waals surface area contributed by atoms with E-state index in [1.165, 1.54) is 0 Å². The lowest BCUT2D eigenvalue weighted by molar-refractivity contribution is -0.179. The first-order valence-electron chi connectivity index (χ1n) is 6.49. The highest BCUT2D eigenvalue weighted by Crippen LogP contribution is 2.46. The van der Waals surface area contributed by atoms with Crippen LogP contribution in [0, 0.1) is 5.41 Å². The number of hydrogen-bond acceptors (Lipinski definition) is 3. The van der Waals surface area contributed by atoms with Crippen molar-refractivity contribution in [3.8, 4) is 0 Å². The van der Waals surface area contributed by atoms with Crippen LogP contribution in [0.25, 0.3) is 0 Å². The van der Waals surface area contributed by atoms with Crippen molar-refractivity contribution in [1.82, 2.24) is 0 Å². The fourth-order valence-corrected chi connectivity index (χ4v) is 2.94. The van der Waals surface area contributed by atoms with Crippen LogP contribution < -0.4 is 0 Å². The quantitative estimate of drug-likeness (QED) is 0.738. The van der Waals surface area contributed by atoms with Crippen LogP contribution in [0.5, 0.6) is 0 Å². The highest BCUT2D eigenvalue weighted by atomic mass is 16.5. The molecule has 2 fully saturated rings. The van der Waals surface area contributed by atoms with E-state index in [2.05, 4.69) is 13.8 Å². The minimum atomic E-state index is -0.168. The molecule has 1 atom stereocenters. The molecule has 0 spiro atoms. The Labute approximate surface area is 97.5 Å². The zero-order chi connectivity index (χ0) is 11.6. The Kier molecular flexibility index (Phi) is 3.65. The summed E-state index contributed by atoms with van der Waals surface area (Å²) in [6.07, 6.45) is 4.89. The zero-order valence-corrected chi connectivity index (χ0v) is 10.3. The molecular formula is C13H22O3. The fraction of sp³-hybridized carbons (Fsp3) is 0.923. The Morgan fingerprint density at radius 3 is 2.44 bits per heavy atom. The molecule has 0 aromatic carbocycles. The molecule has 1 aliphatic heterocycles. The first kappa shape index (κ1) is 12.1. The molecule has 0 aromatic rings. The van der Waals surface area contributed by atoms with Crippen molar-refractivity contribution in [2.45, 2.75) is 58.2 Å². The molecule has 1 saturated heterocycles. The van der Waals surface area contributed by atoms with Crippen LogP contribution in [0.4, 0.5) is 0 Å². The molecule has 2 aliphatic rings. The van der Waals surface area contributed by atoms with E-state index in [0.717, 1.165) is 38.9 Å². The summed E-state index contributed by atoms with van der Waals surface area (Å²) in [7, 11) is 0. The predicted octanol–water partition coefficient (Wildman–Crippen LogP) is 2.33. The average Bonchev–Trinajstić information content (AvgIpc) is 2.32. The molecule has 2 rings (SSSR count). The summed E-state index contributed by atoms with van der Waals surface area (Å²) in [6, 6.07) is 0. The van der Waals surface area contributed by atoms with Crippen molar-refractivity contribution < 1.29 is 14.3 Å². The molecular weight excluding hydrogens is 204 g/mol. The minimum absolute atomic E-state index is 0.165. The van der Waals surface area contributed by atoms with E-state index in [9.17, 15) is 4.79 Å². The van der Waals surface area contributed by atoms with Gasteiger partial charge in [0.15, 0.2) is 0 Å². The van der Waals surface area contributed by atoms with E-state index < -0.39 is 0 Å². The van der Waals surface area contributed by atoms with Crippen LogP contribution in [0.1, 0.15) is 46.0 Å². The molecule has 16 heavy (non-hydrogen) atoms. The normalized spacial score (nSPS) is 30.1. The molecule has 0 amide bonds. The summed E-state index contributed by atoms with van der Waals surface area (Å²) in [5.41, 5.74) is -0.168. The van der Waals surface area contributed by atoms with Gasteiger partial charge in [0.1, 0.15) is 5.78 Å². The molecule has 1 heterocycles. The van der Waals surface area contributed by atoms with Crippen LogP contribution in [0.2, 0.25) is 0 Å². The van der Waals surface area contributed by atoms with Crippen LogP contribution in [0.15, 0.2) is 0 Å². The molecule has 1 unspecified atom stereocenters. The van der Waals surface area contributed by atoms with Gasteiger partial charge in [-0.05, 0) is 25.7 Å². The molecule has 0 radical (unpaired) electrons. The first-order chi connectivity index (χ1) is 7.73. The Morgan fingerprint density at radius 1 is 1.31 bits per heavy atom. The van der Waals surface area contributed by atoms with Gasteiger partial charge in [-0.3, -0.25) is 4.79 Å². The lowest BCUT2D eigenvalue weighted by Gasteiger charge is -2.48. The number of hydrogen-bond donors (Lipinski definition) is 0. The maximum absolute atomic E-state index is 11.8. The van der Waals surface area contributed by atoms with Gasteiger partial charge in [0.25, 0.3) is 0 Å². The Balaban J connectivity index is 1.92. The smallest absolute Gasteiger partial charge is 0.144 e. The maximum Gasteiger partial charge on any atom is 0.144 e. The molecule has 1 aliphatic carbocycles. The number of Topliss-reactive ketones (excluding diaryl/α,β-unsaturated/α-hetero) is 1. The van der Waals surface area contributed by atoms with Crippen LogP contribution in [-0.4, -0.2) is 31.2 Å². The summed E-state index contributed by atoms with van der Waals surface area (Å²) >= 11 is 0. The van der Waals surface area contributed by atoms with Crippen LogP contribution >= 0.6 is 0 Å². The van der Waals surface area contributed by atoms with Crippen molar-refractivity contribution in [3.63, 3.8) is 0 Å². The third-order valence-corrected chi connectivity index (χ3v) is 4.33. The van der Waals surface area contributed by atoms with Gasteiger partial charge in [-0.15, -0.1) is 0 Å². The van der Waals surface area contributed by atoms with Gasteiger partial charge in [-0.2, -0.15) is 0 Å². The van der Waals surface area contributed by atoms with Crippen molar-refractivity contribution >= 4 is 5.78 Å². The topological polar surface area (TPSA) is 35.5 Å². The van der Waals surface area contributed by atoms with Gasteiger partial charge >= 0.3 is 0 Å². The van der Waals surface area contributed by atoms with E-state index in [0.29, 0.717) is 18.3 Å². The van der Waals surface area contributed by atoms with Crippen molar-refractivity contribution in [3.05, 3.63) is 0 Å². The van der Waals surface area contributed by atoms with E-state index in [1.54, 1.807) is 0 Å². The number of rotatable bonds is 4. The monoisotopic (exact) mass is 226 g/mol. The molecule has 0 N–H and O–H groups in total. The lowest BCUT2D eigenvalue weighted by atomic mass is 9.61. The molecule has 0 bridgehead atoms. The van der Waals surface area contributed by atoms with Crippen molar-refractivity contribution in [2.75, 3.05) is 13.2 Å². The van der Waals surface area contributed by atoms with Gasteiger partial charge in [-0.25, -0.2) is 0 Å². The number of ketones is 1. The van der Waals surface area contributed by atoms with Gasteiger partial charge in [0.2, 0.25) is 0 Å². The fourth-order valence-electron chi connectivity index (χ4n) is 2.94. The standard InChI is InChI=1S/C13H22O3/c1-3-13(4-2)11(14)9-12(13)16-10-5-7-15-8-6-10/h10,12H,3-9H2,1-2H3. The van der Waals surface area contributed by atoms with Crippen LogP contribution in [-0.2, 0) is 14.3 Å². The van der Waals surface area contributed by atoms with E-state index >= 15 is 0 Å². The number of carbonyl (C=O) groups excluding carboxylic acids is 1. The second kappa shape index (κ2) is 4.84. The summed E-state index contributed by atoms with van der Waals surface area (Å²) < 4.78 is 11.4. The van der Waals surface area contributed by atoms with Crippen molar-refractivity contribution in [1.29, 1.82) is 0 Å². The van der Waals surface area contributed by atoms with Gasteiger partial charge < -0.3 is 9.47 Å². The SMILES string of the molecule is CCC1(CC)C(=O)CC1OC1CCOCC1. The summed E-state index contributed by atoms with van der Waals surface area (Å²) in [6.45, 7) is 5.80. The zero-order valence-electron chi connectivity index (χ0n) is 10.3. The minimum Gasteiger partial charge on any atom is -0.381 e. The van der Waals surface area contributed by atoms with Gasteiger partial charge in [0, 0.05) is 19.6 Å². The highest BCUT2D eigenvalue weighted by molar-refractivity contribution is 5.92. The highest BCUT2D eigenvalue weighted by Gasteiger charge is 2.53. The van der Waals surface area contributed by atoms with Gasteiger partial charge in [-0.1, -0.05) is 13.8 Å². The number of ether oxygens (including phenoxy) is 2. The second-order valence-corrected chi connectivity index (χ2v) is 4.93. The molecule has 3 nitrogen and oxygen atoms in total. The predicted molar refractivity (Wildman–Crippen MR) is 61.4 cm³/mol. The largest absolute Gasteiger partial charge is 0.381 e. The number of carbonyl (C=O) groups is 1. The molecule has 92 valence electrons. The van der Waals surface area contributed by atoms with E-state index in [4.69, 9.17) is 9.47 Å². The molecule has 3 heteroatoms. The Morgan fingerprint density at radius 2 is 1.94 bits per heavy atom. The Bertz CT molecular complexity index is 252. The lowest BCUT2D eigenvalue weighted by Crippen LogP contribution is -2.56. The first-order valence-corrected chi connectivity index (χ1v) is 6.49. The molecule has 0 aromatic heterocycles. The summed E-state index contributed by atoms with van der Waals surface area (Å²) in [4.78, 5) is 11.8. The third-order valence-electron chi connectivity index (χ3n) is 4.33. The Hall–Kier alpha value is -0.410. The molecule has 1 saturated carbocycles. The van der Waals surface area contributed by atoms with Crippen molar-refractivity contribution in [2.24, 2.45) is 5.41 Å². The third kappa shape index (κ3) is 1.91.